The van der Waals surface area contributed by atoms with Crippen molar-refractivity contribution in [3.05, 3.63) is 34.9 Å². The molecular weight excluding hydrogens is 248 g/mol. The van der Waals surface area contributed by atoms with E-state index in [1.54, 1.807) is 0 Å². The van der Waals surface area contributed by atoms with E-state index in [1.807, 2.05) is 45.0 Å². The monoisotopic (exact) mass is 268 g/mol. The van der Waals surface area contributed by atoms with E-state index in [0.717, 1.165) is 17.0 Å². The summed E-state index contributed by atoms with van der Waals surface area (Å²) in [7, 11) is 0. The van der Waals surface area contributed by atoms with Gasteiger partial charge >= 0.3 is 0 Å². The first-order valence-corrected chi connectivity index (χ1v) is 6.47. The zero-order chi connectivity index (χ0) is 13.8. The van der Waals surface area contributed by atoms with E-state index in [0.29, 0.717) is 6.42 Å². The lowest BCUT2D eigenvalue weighted by Gasteiger charge is -2.20. The first-order valence-electron chi connectivity index (χ1n) is 6.09. The van der Waals surface area contributed by atoms with E-state index < -0.39 is 5.54 Å². The Morgan fingerprint density at radius 1 is 1.44 bits per heavy atom. The molecule has 0 radical (unpaired) electrons. The van der Waals surface area contributed by atoms with Crippen molar-refractivity contribution < 1.29 is 4.79 Å². The summed E-state index contributed by atoms with van der Waals surface area (Å²) >= 11 is 6.08. The first kappa shape index (κ1) is 15.0. The maximum Gasteiger partial charge on any atom is 0.222 e. The molecule has 0 fully saturated rings. The SMILES string of the molecule is CC(Cc1ccccc1Cl)NC(=O)CC(C)(C)N. The van der Waals surface area contributed by atoms with Crippen molar-refractivity contribution >= 4 is 17.5 Å². The van der Waals surface area contributed by atoms with Crippen LogP contribution >= 0.6 is 11.6 Å². The van der Waals surface area contributed by atoms with Gasteiger partial charge in [0, 0.05) is 23.0 Å². The normalized spacial score (nSPS) is 13.2. The van der Waals surface area contributed by atoms with Crippen LogP contribution in [0.4, 0.5) is 0 Å². The Kier molecular flexibility index (Phi) is 5.17. The van der Waals surface area contributed by atoms with Crippen LogP contribution in [0.3, 0.4) is 0 Å². The second kappa shape index (κ2) is 6.21. The second-order valence-corrected chi connectivity index (χ2v) is 5.84. The third kappa shape index (κ3) is 5.52. The molecule has 0 spiro atoms. The summed E-state index contributed by atoms with van der Waals surface area (Å²) in [5.74, 6) is -0.0259. The van der Waals surface area contributed by atoms with Gasteiger partial charge in [0.2, 0.25) is 5.91 Å². The summed E-state index contributed by atoms with van der Waals surface area (Å²) in [6.45, 7) is 5.64. The Labute approximate surface area is 114 Å². The maximum absolute atomic E-state index is 11.7. The van der Waals surface area contributed by atoms with Crippen LogP contribution in [0, 0.1) is 0 Å². The molecular formula is C14H21ClN2O. The van der Waals surface area contributed by atoms with E-state index in [1.165, 1.54) is 0 Å². The number of hydrogen-bond donors (Lipinski definition) is 2. The van der Waals surface area contributed by atoms with Gasteiger partial charge in [-0.1, -0.05) is 29.8 Å². The van der Waals surface area contributed by atoms with E-state index in [2.05, 4.69) is 5.32 Å². The summed E-state index contributed by atoms with van der Waals surface area (Å²) < 4.78 is 0. The Hall–Kier alpha value is -1.06. The quantitative estimate of drug-likeness (QED) is 0.862. The fourth-order valence-electron chi connectivity index (χ4n) is 1.78. The Balaban J connectivity index is 2.50. The van der Waals surface area contributed by atoms with Crippen molar-refractivity contribution in [2.24, 2.45) is 5.73 Å². The van der Waals surface area contributed by atoms with E-state index >= 15 is 0 Å². The maximum atomic E-state index is 11.7. The predicted molar refractivity (Wildman–Crippen MR) is 75.6 cm³/mol. The molecule has 0 aliphatic rings. The van der Waals surface area contributed by atoms with Crippen LogP contribution in [0.15, 0.2) is 24.3 Å². The molecule has 1 unspecified atom stereocenters. The second-order valence-electron chi connectivity index (χ2n) is 5.43. The van der Waals surface area contributed by atoms with Crippen LogP contribution < -0.4 is 11.1 Å². The van der Waals surface area contributed by atoms with Gasteiger partial charge in [-0.05, 0) is 38.8 Å². The van der Waals surface area contributed by atoms with Gasteiger partial charge in [-0.2, -0.15) is 0 Å². The average Bonchev–Trinajstić information content (AvgIpc) is 2.18. The molecule has 0 aliphatic carbocycles. The molecule has 0 bridgehead atoms. The van der Waals surface area contributed by atoms with Gasteiger partial charge in [-0.3, -0.25) is 4.79 Å². The molecule has 1 aromatic carbocycles. The lowest BCUT2D eigenvalue weighted by Crippen LogP contribution is -2.42. The minimum atomic E-state index is -0.478. The van der Waals surface area contributed by atoms with Gasteiger partial charge in [0.05, 0.1) is 0 Å². The molecule has 18 heavy (non-hydrogen) atoms. The van der Waals surface area contributed by atoms with E-state index in [9.17, 15) is 4.79 Å². The predicted octanol–water partition coefficient (Wildman–Crippen LogP) is 2.51. The van der Waals surface area contributed by atoms with Crippen LogP contribution in [0.25, 0.3) is 0 Å². The van der Waals surface area contributed by atoms with Gasteiger partial charge < -0.3 is 11.1 Å². The molecule has 0 heterocycles. The van der Waals surface area contributed by atoms with Crippen LogP contribution in [0.1, 0.15) is 32.8 Å². The number of hydrogen-bond acceptors (Lipinski definition) is 2. The smallest absolute Gasteiger partial charge is 0.222 e. The third-order valence-electron chi connectivity index (χ3n) is 2.51. The Morgan fingerprint density at radius 3 is 2.61 bits per heavy atom. The standard InChI is InChI=1S/C14H21ClN2O/c1-10(17-13(18)9-14(2,3)16)8-11-6-4-5-7-12(11)15/h4-7,10H,8-9,16H2,1-3H3,(H,17,18). The first-order chi connectivity index (χ1) is 8.28. The van der Waals surface area contributed by atoms with Gasteiger partial charge in [0.1, 0.15) is 0 Å². The van der Waals surface area contributed by atoms with Gasteiger partial charge in [-0.15, -0.1) is 0 Å². The Morgan fingerprint density at radius 2 is 2.06 bits per heavy atom. The molecule has 0 aromatic heterocycles. The van der Waals surface area contributed by atoms with Crippen LogP contribution in [-0.2, 0) is 11.2 Å². The molecule has 3 N–H and O–H groups in total. The number of benzene rings is 1. The average molecular weight is 269 g/mol. The van der Waals surface area contributed by atoms with Crippen molar-refractivity contribution in [3.8, 4) is 0 Å². The highest BCUT2D eigenvalue weighted by molar-refractivity contribution is 6.31. The minimum absolute atomic E-state index is 0.0259. The number of nitrogens with one attached hydrogen (secondary N) is 1. The molecule has 1 aromatic rings. The molecule has 100 valence electrons. The highest BCUT2D eigenvalue weighted by Crippen LogP contribution is 2.16. The van der Waals surface area contributed by atoms with E-state index in [-0.39, 0.29) is 11.9 Å². The number of amides is 1. The van der Waals surface area contributed by atoms with Gasteiger partial charge in [0.15, 0.2) is 0 Å². The van der Waals surface area contributed by atoms with E-state index in [4.69, 9.17) is 17.3 Å². The molecule has 1 rings (SSSR count). The van der Waals surface area contributed by atoms with Crippen molar-refractivity contribution in [3.63, 3.8) is 0 Å². The van der Waals surface area contributed by atoms with Crippen LogP contribution in [0.5, 0.6) is 0 Å². The number of rotatable bonds is 5. The lowest BCUT2D eigenvalue weighted by atomic mass is 10.0. The van der Waals surface area contributed by atoms with Crippen molar-refractivity contribution in [2.45, 2.75) is 45.2 Å². The highest BCUT2D eigenvalue weighted by Gasteiger charge is 2.18. The van der Waals surface area contributed by atoms with Crippen molar-refractivity contribution in [2.75, 3.05) is 0 Å². The van der Waals surface area contributed by atoms with Crippen LogP contribution in [0.2, 0.25) is 5.02 Å². The molecule has 3 nitrogen and oxygen atoms in total. The fourth-order valence-corrected chi connectivity index (χ4v) is 2.00. The molecule has 0 saturated heterocycles. The number of carbonyl (C=O) groups excluding carboxylic acids is 1. The summed E-state index contributed by atoms with van der Waals surface area (Å²) in [6, 6.07) is 7.71. The van der Waals surface area contributed by atoms with Gasteiger partial charge in [-0.25, -0.2) is 0 Å². The minimum Gasteiger partial charge on any atom is -0.353 e. The molecule has 1 amide bonds. The fraction of sp³-hybridized carbons (Fsp3) is 0.500. The summed E-state index contributed by atoms with van der Waals surface area (Å²) in [5, 5.41) is 3.67. The largest absolute Gasteiger partial charge is 0.353 e. The zero-order valence-corrected chi connectivity index (χ0v) is 11.9. The molecule has 4 heteroatoms. The molecule has 0 saturated carbocycles. The van der Waals surface area contributed by atoms with Gasteiger partial charge in [0.25, 0.3) is 0 Å². The van der Waals surface area contributed by atoms with Crippen molar-refractivity contribution in [1.29, 1.82) is 0 Å². The van der Waals surface area contributed by atoms with Crippen LogP contribution in [-0.4, -0.2) is 17.5 Å². The highest BCUT2D eigenvalue weighted by atomic mass is 35.5. The Bertz CT molecular complexity index is 413. The number of nitrogens with two attached hydrogens (primary N) is 1. The zero-order valence-electron chi connectivity index (χ0n) is 11.2. The molecule has 1 atom stereocenters. The number of halogens is 1. The number of carbonyl (C=O) groups is 1. The topological polar surface area (TPSA) is 55.1 Å². The summed E-state index contributed by atoms with van der Waals surface area (Å²) in [5.41, 5.74) is 6.37. The lowest BCUT2D eigenvalue weighted by molar-refractivity contribution is -0.122. The third-order valence-corrected chi connectivity index (χ3v) is 2.88. The molecule has 0 aliphatic heterocycles. The van der Waals surface area contributed by atoms with Crippen molar-refractivity contribution in [1.82, 2.24) is 5.32 Å². The summed E-state index contributed by atoms with van der Waals surface area (Å²) in [6.07, 6.45) is 1.04. The summed E-state index contributed by atoms with van der Waals surface area (Å²) in [4.78, 5) is 11.7.